The largest absolute Gasteiger partial charge is 0.361 e. The maximum Gasteiger partial charge on any atom is 0.280 e. The molecule has 1 fully saturated rings. The lowest BCUT2D eigenvalue weighted by Gasteiger charge is -2.16. The summed E-state index contributed by atoms with van der Waals surface area (Å²) in [5, 5.41) is 2.87. The van der Waals surface area contributed by atoms with Gasteiger partial charge in [0.2, 0.25) is 0 Å². The fourth-order valence-electron chi connectivity index (χ4n) is 4.15. The van der Waals surface area contributed by atoms with Crippen molar-refractivity contribution >= 4 is 38.0 Å². The summed E-state index contributed by atoms with van der Waals surface area (Å²) in [6, 6.07) is 16.1. The number of thiazole rings is 1. The van der Waals surface area contributed by atoms with E-state index in [9.17, 15) is 8.42 Å². The molecule has 30 heavy (non-hydrogen) atoms. The number of sulfonamides is 1. The number of fused-ring (bicyclic) bond motifs is 1. The third kappa shape index (κ3) is 3.86. The Balaban J connectivity index is 1.28. The molecule has 6 nitrogen and oxygen atoms in total. The Morgan fingerprint density at radius 3 is 2.97 bits per heavy atom. The summed E-state index contributed by atoms with van der Waals surface area (Å²) in [6.07, 6.45) is 3.16. The van der Waals surface area contributed by atoms with Gasteiger partial charge in [0, 0.05) is 41.3 Å². The summed E-state index contributed by atoms with van der Waals surface area (Å²) in [7, 11) is -3.64. The Bertz CT molecular complexity index is 1270. The molecule has 0 amide bonds. The average molecular weight is 439 g/mol. The number of benzene rings is 2. The van der Waals surface area contributed by atoms with Gasteiger partial charge in [0.15, 0.2) is 5.03 Å². The molecule has 1 atom stereocenters. The Labute approximate surface area is 179 Å². The number of anilines is 1. The van der Waals surface area contributed by atoms with E-state index in [4.69, 9.17) is 0 Å². The molecule has 0 saturated carbocycles. The van der Waals surface area contributed by atoms with Gasteiger partial charge in [0.1, 0.15) is 0 Å². The van der Waals surface area contributed by atoms with Gasteiger partial charge in [-0.2, -0.15) is 8.42 Å². The van der Waals surface area contributed by atoms with Crippen LogP contribution >= 0.6 is 11.3 Å². The SMILES string of the molecule is O=S(=O)(Nc1cccc(C2CCN(Cc3c[nH]c4ccccc34)C2)c1)c1cscn1. The zero-order chi connectivity index (χ0) is 20.6. The second kappa shape index (κ2) is 7.86. The molecular weight excluding hydrogens is 416 g/mol. The molecule has 0 bridgehead atoms. The maximum atomic E-state index is 12.5. The van der Waals surface area contributed by atoms with E-state index in [1.807, 2.05) is 18.2 Å². The molecule has 0 radical (unpaired) electrons. The number of likely N-dealkylation sites (tertiary alicyclic amines) is 1. The van der Waals surface area contributed by atoms with Crippen molar-refractivity contribution in [1.82, 2.24) is 14.9 Å². The number of rotatable bonds is 6. The van der Waals surface area contributed by atoms with Crippen LogP contribution in [0.1, 0.15) is 23.5 Å². The van der Waals surface area contributed by atoms with Crippen molar-refractivity contribution in [3.63, 3.8) is 0 Å². The summed E-state index contributed by atoms with van der Waals surface area (Å²) in [5.74, 6) is 0.388. The van der Waals surface area contributed by atoms with Crippen LogP contribution in [0.2, 0.25) is 0 Å². The van der Waals surface area contributed by atoms with Gasteiger partial charge in [-0.15, -0.1) is 11.3 Å². The highest BCUT2D eigenvalue weighted by molar-refractivity contribution is 7.92. The third-order valence-corrected chi connectivity index (χ3v) is 7.65. The van der Waals surface area contributed by atoms with Gasteiger partial charge >= 0.3 is 0 Å². The van der Waals surface area contributed by atoms with Crippen molar-refractivity contribution < 1.29 is 8.42 Å². The van der Waals surface area contributed by atoms with Crippen LogP contribution in [0.25, 0.3) is 10.9 Å². The first kappa shape index (κ1) is 19.3. The Morgan fingerprint density at radius 1 is 1.20 bits per heavy atom. The normalized spacial score (nSPS) is 17.5. The quantitative estimate of drug-likeness (QED) is 0.467. The number of aromatic nitrogens is 2. The van der Waals surface area contributed by atoms with Gasteiger partial charge in [-0.25, -0.2) is 4.98 Å². The van der Waals surface area contributed by atoms with Gasteiger partial charge in [-0.05, 0) is 48.2 Å². The zero-order valence-electron chi connectivity index (χ0n) is 16.3. The minimum Gasteiger partial charge on any atom is -0.361 e. The minimum absolute atomic E-state index is 0.0590. The van der Waals surface area contributed by atoms with E-state index in [2.05, 4.69) is 50.1 Å². The molecule has 1 saturated heterocycles. The molecule has 2 aromatic heterocycles. The molecule has 5 rings (SSSR count). The number of H-pyrrole nitrogens is 1. The van der Waals surface area contributed by atoms with Crippen LogP contribution in [0.5, 0.6) is 0 Å². The van der Waals surface area contributed by atoms with Gasteiger partial charge in [-0.1, -0.05) is 30.3 Å². The molecule has 154 valence electrons. The average Bonchev–Trinajstić information content (AvgIpc) is 3.50. The molecular formula is C22H22N4O2S2. The minimum atomic E-state index is -3.64. The number of para-hydroxylation sites is 1. The van der Waals surface area contributed by atoms with Crippen LogP contribution in [0.15, 0.2) is 70.6 Å². The molecule has 2 aromatic carbocycles. The monoisotopic (exact) mass is 438 g/mol. The Hall–Kier alpha value is -2.68. The van der Waals surface area contributed by atoms with Crippen molar-refractivity contribution in [2.24, 2.45) is 0 Å². The molecule has 1 aliphatic rings. The lowest BCUT2D eigenvalue weighted by atomic mass is 9.98. The molecule has 2 N–H and O–H groups in total. The highest BCUT2D eigenvalue weighted by atomic mass is 32.2. The van der Waals surface area contributed by atoms with Crippen LogP contribution in [0.3, 0.4) is 0 Å². The van der Waals surface area contributed by atoms with Crippen molar-refractivity contribution in [3.05, 3.63) is 76.7 Å². The van der Waals surface area contributed by atoms with Gasteiger partial charge in [-0.3, -0.25) is 9.62 Å². The molecule has 3 heterocycles. The van der Waals surface area contributed by atoms with E-state index < -0.39 is 10.0 Å². The first-order chi connectivity index (χ1) is 14.6. The van der Waals surface area contributed by atoms with E-state index in [-0.39, 0.29) is 5.03 Å². The topological polar surface area (TPSA) is 78.1 Å². The molecule has 0 spiro atoms. The first-order valence-electron chi connectivity index (χ1n) is 9.87. The summed E-state index contributed by atoms with van der Waals surface area (Å²) in [6.45, 7) is 2.90. The van der Waals surface area contributed by atoms with Crippen LogP contribution in [-0.4, -0.2) is 36.4 Å². The van der Waals surface area contributed by atoms with Crippen LogP contribution in [0, 0.1) is 0 Å². The number of aromatic amines is 1. The van der Waals surface area contributed by atoms with E-state index >= 15 is 0 Å². The number of hydrogen-bond donors (Lipinski definition) is 2. The number of hydrogen-bond acceptors (Lipinski definition) is 5. The Kier molecular flexibility index (Phi) is 5.06. The van der Waals surface area contributed by atoms with Crippen LogP contribution in [-0.2, 0) is 16.6 Å². The van der Waals surface area contributed by atoms with E-state index in [1.165, 1.54) is 38.7 Å². The van der Waals surface area contributed by atoms with E-state index in [0.717, 1.165) is 31.6 Å². The highest BCUT2D eigenvalue weighted by Gasteiger charge is 2.25. The lowest BCUT2D eigenvalue weighted by molar-refractivity contribution is 0.328. The molecule has 1 unspecified atom stereocenters. The maximum absolute atomic E-state index is 12.5. The fourth-order valence-corrected chi connectivity index (χ4v) is 6.04. The van der Waals surface area contributed by atoms with Crippen molar-refractivity contribution in [1.29, 1.82) is 0 Å². The summed E-state index contributed by atoms with van der Waals surface area (Å²) in [4.78, 5) is 9.72. The van der Waals surface area contributed by atoms with Gasteiger partial charge < -0.3 is 4.98 Å². The van der Waals surface area contributed by atoms with E-state index in [0.29, 0.717) is 11.6 Å². The van der Waals surface area contributed by atoms with Crippen molar-refractivity contribution in [3.8, 4) is 0 Å². The van der Waals surface area contributed by atoms with E-state index in [1.54, 1.807) is 6.07 Å². The smallest absolute Gasteiger partial charge is 0.280 e. The number of nitrogens with one attached hydrogen (secondary N) is 2. The molecule has 1 aliphatic heterocycles. The summed E-state index contributed by atoms with van der Waals surface area (Å²) >= 11 is 1.26. The Morgan fingerprint density at radius 2 is 2.10 bits per heavy atom. The van der Waals surface area contributed by atoms with Gasteiger partial charge in [0.25, 0.3) is 10.0 Å². The van der Waals surface area contributed by atoms with Crippen LogP contribution in [0.4, 0.5) is 5.69 Å². The van der Waals surface area contributed by atoms with Crippen LogP contribution < -0.4 is 4.72 Å². The molecule has 8 heteroatoms. The zero-order valence-corrected chi connectivity index (χ0v) is 17.9. The van der Waals surface area contributed by atoms with Crippen molar-refractivity contribution in [2.45, 2.75) is 23.9 Å². The summed E-state index contributed by atoms with van der Waals surface area (Å²) in [5.41, 5.74) is 5.75. The predicted molar refractivity (Wildman–Crippen MR) is 120 cm³/mol. The lowest BCUT2D eigenvalue weighted by Crippen LogP contribution is -2.19. The fraction of sp³-hybridized carbons (Fsp3) is 0.227. The predicted octanol–water partition coefficient (Wildman–Crippen LogP) is 4.41. The molecule has 0 aliphatic carbocycles. The summed E-state index contributed by atoms with van der Waals surface area (Å²) < 4.78 is 27.6. The highest BCUT2D eigenvalue weighted by Crippen LogP contribution is 2.31. The standard InChI is InChI=1S/C22H22N4O2S2/c27-30(28,22-14-29-15-24-22)25-19-5-3-4-16(10-19)17-8-9-26(12-17)13-18-11-23-21-7-2-1-6-20(18)21/h1-7,10-11,14-15,17,23,25H,8-9,12-13H2. The second-order valence-electron chi connectivity index (χ2n) is 7.64. The first-order valence-corrected chi connectivity index (χ1v) is 12.3. The molecule has 4 aromatic rings. The number of nitrogens with zero attached hydrogens (tertiary/aromatic N) is 2. The van der Waals surface area contributed by atoms with Crippen molar-refractivity contribution in [2.75, 3.05) is 17.8 Å². The van der Waals surface area contributed by atoms with Gasteiger partial charge in [0.05, 0.1) is 5.51 Å². The second-order valence-corrected chi connectivity index (χ2v) is 9.99. The third-order valence-electron chi connectivity index (χ3n) is 5.64.